The smallest absolute Gasteiger partial charge is 0.0991 e. The van der Waals surface area contributed by atoms with Crippen LogP contribution in [0.1, 0.15) is 5.56 Å². The Labute approximate surface area is 105 Å². The molecule has 0 fully saturated rings. The van der Waals surface area contributed by atoms with Gasteiger partial charge in [-0.3, -0.25) is 4.98 Å². The highest BCUT2D eigenvalue weighted by Gasteiger charge is 2.01. The average molecular weight is 230 g/mol. The van der Waals surface area contributed by atoms with Crippen LogP contribution >= 0.6 is 0 Å². The van der Waals surface area contributed by atoms with Gasteiger partial charge in [0, 0.05) is 17.1 Å². The normalized spacial score (nSPS) is 10.2. The van der Waals surface area contributed by atoms with Crippen molar-refractivity contribution in [1.82, 2.24) is 4.98 Å². The number of hydrogen-bond acceptors (Lipinski definition) is 2. The van der Waals surface area contributed by atoms with Crippen LogP contribution in [-0.2, 0) is 0 Å². The summed E-state index contributed by atoms with van der Waals surface area (Å²) in [7, 11) is 0. The van der Waals surface area contributed by atoms with Crippen molar-refractivity contribution in [2.45, 2.75) is 0 Å². The van der Waals surface area contributed by atoms with Crippen LogP contribution in [0.4, 0.5) is 0 Å². The molecule has 0 aliphatic heterocycles. The predicted molar refractivity (Wildman–Crippen MR) is 71.9 cm³/mol. The zero-order valence-electron chi connectivity index (χ0n) is 9.67. The first-order valence-electron chi connectivity index (χ1n) is 5.72. The van der Waals surface area contributed by atoms with E-state index in [-0.39, 0.29) is 0 Å². The van der Waals surface area contributed by atoms with Crippen molar-refractivity contribution in [3.8, 4) is 17.2 Å². The summed E-state index contributed by atoms with van der Waals surface area (Å²) in [6.07, 6.45) is 1.86. The van der Waals surface area contributed by atoms with E-state index in [0.29, 0.717) is 5.56 Å². The molecule has 0 amide bonds. The Hall–Kier alpha value is -2.66. The highest BCUT2D eigenvalue weighted by molar-refractivity contribution is 5.84. The van der Waals surface area contributed by atoms with Gasteiger partial charge >= 0.3 is 0 Å². The largest absolute Gasteiger partial charge is 0.256 e. The molecule has 84 valence electrons. The van der Waals surface area contributed by atoms with E-state index in [4.69, 9.17) is 5.26 Å². The van der Waals surface area contributed by atoms with Crippen LogP contribution in [0.5, 0.6) is 0 Å². The van der Waals surface area contributed by atoms with E-state index >= 15 is 0 Å². The fourth-order valence-electron chi connectivity index (χ4n) is 1.99. The van der Waals surface area contributed by atoms with Gasteiger partial charge in [0.25, 0.3) is 0 Å². The second-order valence-corrected chi connectivity index (χ2v) is 4.11. The van der Waals surface area contributed by atoms with Crippen molar-refractivity contribution >= 4 is 10.9 Å². The maximum Gasteiger partial charge on any atom is 0.0991 e. The summed E-state index contributed by atoms with van der Waals surface area (Å²) < 4.78 is 0. The second kappa shape index (κ2) is 4.31. The molecule has 0 aliphatic carbocycles. The number of aromatic nitrogens is 1. The maximum absolute atomic E-state index is 8.91. The molecule has 3 aromatic rings. The fraction of sp³-hybridized carbons (Fsp3) is 0. The van der Waals surface area contributed by atoms with E-state index in [0.717, 1.165) is 22.0 Å². The van der Waals surface area contributed by atoms with Crippen molar-refractivity contribution in [2.75, 3.05) is 0 Å². The lowest BCUT2D eigenvalue weighted by Gasteiger charge is -2.03. The van der Waals surface area contributed by atoms with Crippen LogP contribution in [0.25, 0.3) is 22.0 Å². The number of nitriles is 1. The molecule has 0 atom stereocenters. The molecule has 2 nitrogen and oxygen atoms in total. The predicted octanol–water partition coefficient (Wildman–Crippen LogP) is 3.77. The molecule has 1 aromatic heterocycles. The third-order valence-corrected chi connectivity index (χ3v) is 2.92. The summed E-state index contributed by atoms with van der Waals surface area (Å²) in [5, 5.41) is 9.91. The van der Waals surface area contributed by atoms with Crippen LogP contribution in [0.15, 0.2) is 60.8 Å². The minimum atomic E-state index is 0.662. The molecule has 0 radical (unpaired) electrons. The first-order chi connectivity index (χ1) is 8.86. The van der Waals surface area contributed by atoms with E-state index < -0.39 is 0 Å². The number of benzene rings is 2. The minimum Gasteiger partial charge on any atom is -0.256 e. The first-order valence-corrected chi connectivity index (χ1v) is 5.72. The van der Waals surface area contributed by atoms with Crippen molar-refractivity contribution in [1.29, 1.82) is 5.26 Å². The van der Waals surface area contributed by atoms with Crippen molar-refractivity contribution in [3.05, 3.63) is 66.4 Å². The Morgan fingerprint density at radius 2 is 1.72 bits per heavy atom. The summed E-state index contributed by atoms with van der Waals surface area (Å²) in [4.78, 5) is 4.42. The van der Waals surface area contributed by atoms with Crippen molar-refractivity contribution in [3.63, 3.8) is 0 Å². The highest BCUT2D eigenvalue weighted by Crippen LogP contribution is 2.22. The van der Waals surface area contributed by atoms with E-state index in [2.05, 4.69) is 29.3 Å². The third-order valence-electron chi connectivity index (χ3n) is 2.92. The number of rotatable bonds is 1. The standard InChI is InChI=1S/C16H10N2/c17-10-12-6-7-16-14(8-12)9-15(11-18-16)13-4-2-1-3-5-13/h1-9,11H. The quantitative estimate of drug-likeness (QED) is 0.638. The summed E-state index contributed by atoms with van der Waals surface area (Å²) in [6, 6.07) is 19.9. The van der Waals surface area contributed by atoms with Crippen molar-refractivity contribution in [2.24, 2.45) is 0 Å². The molecule has 0 aliphatic rings. The molecule has 0 N–H and O–H groups in total. The lowest BCUT2D eigenvalue weighted by atomic mass is 10.0. The summed E-state index contributed by atoms with van der Waals surface area (Å²) >= 11 is 0. The van der Waals surface area contributed by atoms with E-state index in [9.17, 15) is 0 Å². The van der Waals surface area contributed by atoms with E-state index in [1.54, 1.807) is 6.07 Å². The van der Waals surface area contributed by atoms with Crippen LogP contribution < -0.4 is 0 Å². The van der Waals surface area contributed by atoms with Crippen molar-refractivity contribution < 1.29 is 0 Å². The van der Waals surface area contributed by atoms with Gasteiger partial charge in [-0.25, -0.2) is 0 Å². The Morgan fingerprint density at radius 3 is 2.50 bits per heavy atom. The fourth-order valence-corrected chi connectivity index (χ4v) is 1.99. The summed E-state index contributed by atoms with van der Waals surface area (Å²) in [5.74, 6) is 0. The second-order valence-electron chi connectivity index (χ2n) is 4.11. The lowest BCUT2D eigenvalue weighted by Crippen LogP contribution is -1.84. The first kappa shape index (κ1) is 10.5. The molecule has 2 heteroatoms. The summed E-state index contributed by atoms with van der Waals surface area (Å²) in [6.45, 7) is 0. The van der Waals surface area contributed by atoms with Gasteiger partial charge in [-0.15, -0.1) is 0 Å². The van der Waals surface area contributed by atoms with Crippen LogP contribution in [0.2, 0.25) is 0 Å². The van der Waals surface area contributed by atoms with Gasteiger partial charge in [0.05, 0.1) is 17.1 Å². The summed E-state index contributed by atoms with van der Waals surface area (Å²) in [5.41, 5.74) is 3.77. The van der Waals surface area contributed by atoms with E-state index in [1.165, 1.54) is 0 Å². The average Bonchev–Trinajstić information content (AvgIpc) is 2.47. The molecule has 0 saturated carbocycles. The molecule has 0 unspecified atom stereocenters. The zero-order chi connectivity index (χ0) is 12.4. The maximum atomic E-state index is 8.91. The van der Waals surface area contributed by atoms with Gasteiger partial charge in [0.2, 0.25) is 0 Å². The molecule has 18 heavy (non-hydrogen) atoms. The van der Waals surface area contributed by atoms with E-state index in [1.807, 2.05) is 36.5 Å². The molecule has 2 aromatic carbocycles. The Kier molecular flexibility index (Phi) is 2.51. The SMILES string of the molecule is N#Cc1ccc2ncc(-c3ccccc3)cc2c1. The Bertz CT molecular complexity index is 740. The van der Waals surface area contributed by atoms with Gasteiger partial charge in [-0.1, -0.05) is 30.3 Å². The topological polar surface area (TPSA) is 36.7 Å². The number of hydrogen-bond donors (Lipinski definition) is 0. The highest BCUT2D eigenvalue weighted by atomic mass is 14.6. The van der Waals surface area contributed by atoms with Gasteiger partial charge in [-0.2, -0.15) is 5.26 Å². The molecule has 0 bridgehead atoms. The van der Waals surface area contributed by atoms with Gasteiger partial charge < -0.3 is 0 Å². The van der Waals surface area contributed by atoms with Gasteiger partial charge in [0.15, 0.2) is 0 Å². The molecule has 0 saturated heterocycles. The van der Waals surface area contributed by atoms with Crippen LogP contribution in [0.3, 0.4) is 0 Å². The molecule has 3 rings (SSSR count). The van der Waals surface area contributed by atoms with Crippen LogP contribution in [-0.4, -0.2) is 4.98 Å². The number of nitrogens with zero attached hydrogens (tertiary/aromatic N) is 2. The molecular formula is C16H10N2. The van der Waals surface area contributed by atoms with Gasteiger partial charge in [0.1, 0.15) is 0 Å². The number of pyridine rings is 1. The zero-order valence-corrected chi connectivity index (χ0v) is 9.67. The third kappa shape index (κ3) is 1.83. The Morgan fingerprint density at radius 1 is 0.889 bits per heavy atom. The van der Waals surface area contributed by atoms with Crippen LogP contribution in [0, 0.1) is 11.3 Å². The number of fused-ring (bicyclic) bond motifs is 1. The van der Waals surface area contributed by atoms with Gasteiger partial charge in [-0.05, 0) is 29.8 Å². The molecule has 0 spiro atoms. The lowest BCUT2D eigenvalue weighted by molar-refractivity contribution is 1.40. The molecular weight excluding hydrogens is 220 g/mol. The molecule has 1 heterocycles. The monoisotopic (exact) mass is 230 g/mol. The minimum absolute atomic E-state index is 0.662. The Balaban J connectivity index is 2.19.